The molecule has 0 saturated carbocycles. The average molecular weight is 470 g/mol. The molecule has 0 heterocycles. The predicted molar refractivity (Wildman–Crippen MR) is 135 cm³/mol. The summed E-state index contributed by atoms with van der Waals surface area (Å²) in [5.74, 6) is 0.850. The first-order chi connectivity index (χ1) is 15.5. The van der Waals surface area contributed by atoms with Gasteiger partial charge in [0.05, 0.1) is 6.61 Å². The Morgan fingerprint density at radius 2 is 1.75 bits per heavy atom. The summed E-state index contributed by atoms with van der Waals surface area (Å²) in [5, 5.41) is 10.4. The topological polar surface area (TPSA) is 55.5 Å². The van der Waals surface area contributed by atoms with Crippen LogP contribution in [0.1, 0.15) is 43.7 Å². The number of aliphatic hydroxyl groups is 1. The molecule has 0 radical (unpaired) electrons. The summed E-state index contributed by atoms with van der Waals surface area (Å²) in [5.41, 5.74) is 8.07. The lowest BCUT2D eigenvalue weighted by molar-refractivity contribution is 0.175. The third-order valence-electron chi connectivity index (χ3n) is 5.50. The summed E-state index contributed by atoms with van der Waals surface area (Å²) in [7, 11) is 0. The van der Waals surface area contributed by atoms with Crippen LogP contribution in [0, 0.1) is 0 Å². The molecule has 1 atom stereocenters. The Balaban J connectivity index is 1.56. The number of nitrogens with two attached hydrogens (primary N) is 1. The van der Waals surface area contributed by atoms with Crippen molar-refractivity contribution in [2.24, 2.45) is 5.73 Å². The molecular formula is C27H32ClNO2S. The highest BCUT2D eigenvalue weighted by atomic mass is 35.5. The van der Waals surface area contributed by atoms with Gasteiger partial charge in [-0.3, -0.25) is 0 Å². The van der Waals surface area contributed by atoms with E-state index >= 15 is 0 Å². The molecule has 0 aliphatic heterocycles. The number of benzene rings is 3. The van der Waals surface area contributed by atoms with Crippen LogP contribution in [0.25, 0.3) is 0 Å². The minimum absolute atomic E-state index is 0.0261. The lowest BCUT2D eigenvalue weighted by Gasteiger charge is -2.26. The van der Waals surface area contributed by atoms with Crippen LogP contribution in [0.4, 0.5) is 0 Å². The molecule has 32 heavy (non-hydrogen) atoms. The van der Waals surface area contributed by atoms with E-state index in [1.165, 1.54) is 0 Å². The lowest BCUT2D eigenvalue weighted by atomic mass is 9.89. The molecule has 3 rings (SSSR count). The van der Waals surface area contributed by atoms with E-state index in [4.69, 9.17) is 22.1 Å². The first kappa shape index (κ1) is 24.7. The van der Waals surface area contributed by atoms with Crippen LogP contribution in [0.15, 0.2) is 82.6 Å². The quantitative estimate of drug-likeness (QED) is 0.303. The standard InChI is InChI=1S/C27H32ClNO2S/c1-2-15-27(29,20-30)16-7-10-22-13-14-25(18-26(22)28)32-24-12-6-11-23(17-24)31-19-21-8-4-3-5-9-21/h3-6,8-9,11-14,17-18,30H,2,7,10,15-16,19-20,29H2,1H3. The smallest absolute Gasteiger partial charge is 0.120 e. The van der Waals surface area contributed by atoms with Crippen LogP contribution < -0.4 is 10.5 Å². The third kappa shape index (κ3) is 7.56. The Kier molecular flexibility index (Phi) is 9.49. The highest BCUT2D eigenvalue weighted by Gasteiger charge is 2.22. The Labute approximate surface area is 201 Å². The zero-order valence-corrected chi connectivity index (χ0v) is 20.2. The van der Waals surface area contributed by atoms with Crippen molar-refractivity contribution in [3.05, 3.63) is 88.9 Å². The Hall–Kier alpha value is -1.98. The van der Waals surface area contributed by atoms with Gasteiger partial charge in [0.1, 0.15) is 12.4 Å². The monoisotopic (exact) mass is 469 g/mol. The van der Waals surface area contributed by atoms with Crippen LogP contribution >= 0.6 is 23.4 Å². The molecule has 0 aromatic heterocycles. The average Bonchev–Trinajstić information content (AvgIpc) is 2.80. The SMILES string of the molecule is CCCC(N)(CO)CCCc1ccc(Sc2cccc(OCc3ccccc3)c2)cc1Cl. The number of hydrogen-bond donors (Lipinski definition) is 2. The van der Waals surface area contributed by atoms with Gasteiger partial charge in [-0.1, -0.05) is 79.2 Å². The fourth-order valence-electron chi connectivity index (χ4n) is 3.71. The molecule has 170 valence electrons. The molecule has 0 aliphatic carbocycles. The number of rotatable bonds is 12. The van der Waals surface area contributed by atoms with Crippen molar-refractivity contribution in [2.45, 2.75) is 61.0 Å². The van der Waals surface area contributed by atoms with Gasteiger partial charge in [-0.25, -0.2) is 0 Å². The zero-order valence-electron chi connectivity index (χ0n) is 18.6. The Morgan fingerprint density at radius 1 is 0.969 bits per heavy atom. The molecule has 0 amide bonds. The van der Waals surface area contributed by atoms with E-state index in [-0.39, 0.29) is 6.61 Å². The molecular weight excluding hydrogens is 438 g/mol. The largest absolute Gasteiger partial charge is 0.489 e. The number of aliphatic hydroxyl groups excluding tert-OH is 1. The van der Waals surface area contributed by atoms with Crippen molar-refractivity contribution in [3.8, 4) is 5.75 Å². The summed E-state index contributed by atoms with van der Waals surface area (Å²) in [6.07, 6.45) is 4.36. The van der Waals surface area contributed by atoms with Gasteiger partial charge in [-0.05, 0) is 67.1 Å². The lowest BCUT2D eigenvalue weighted by Crippen LogP contribution is -2.43. The van der Waals surface area contributed by atoms with Crippen LogP contribution in [0.5, 0.6) is 5.75 Å². The summed E-state index contributed by atoms with van der Waals surface area (Å²) >= 11 is 8.24. The van der Waals surface area contributed by atoms with Crippen molar-refractivity contribution in [1.82, 2.24) is 0 Å². The van der Waals surface area contributed by atoms with Gasteiger partial charge in [0.2, 0.25) is 0 Å². The number of aryl methyl sites for hydroxylation is 1. The van der Waals surface area contributed by atoms with E-state index in [0.717, 1.165) is 63.8 Å². The summed E-state index contributed by atoms with van der Waals surface area (Å²) in [6.45, 7) is 2.67. The number of hydrogen-bond acceptors (Lipinski definition) is 4. The van der Waals surface area contributed by atoms with Crippen molar-refractivity contribution in [2.75, 3.05) is 6.61 Å². The predicted octanol–water partition coefficient (Wildman–Crippen LogP) is 6.88. The Bertz CT molecular complexity index is 982. The van der Waals surface area contributed by atoms with E-state index in [1.807, 2.05) is 36.4 Å². The van der Waals surface area contributed by atoms with Crippen molar-refractivity contribution in [3.63, 3.8) is 0 Å². The third-order valence-corrected chi connectivity index (χ3v) is 6.83. The van der Waals surface area contributed by atoms with E-state index in [1.54, 1.807) is 11.8 Å². The molecule has 0 aliphatic rings. The second kappa shape index (κ2) is 12.3. The normalized spacial score (nSPS) is 13.0. The maximum atomic E-state index is 9.59. The highest BCUT2D eigenvalue weighted by Crippen LogP contribution is 2.33. The van der Waals surface area contributed by atoms with E-state index < -0.39 is 5.54 Å². The maximum absolute atomic E-state index is 9.59. The van der Waals surface area contributed by atoms with Crippen LogP contribution in [0.3, 0.4) is 0 Å². The van der Waals surface area contributed by atoms with E-state index in [9.17, 15) is 5.11 Å². The fraction of sp³-hybridized carbons (Fsp3) is 0.333. The maximum Gasteiger partial charge on any atom is 0.120 e. The first-order valence-corrected chi connectivity index (χ1v) is 12.3. The molecule has 3 aromatic rings. The second-order valence-corrected chi connectivity index (χ2v) is 9.78. The van der Waals surface area contributed by atoms with E-state index in [0.29, 0.717) is 6.61 Å². The molecule has 0 spiro atoms. The van der Waals surface area contributed by atoms with Crippen LogP contribution in [-0.4, -0.2) is 17.3 Å². The van der Waals surface area contributed by atoms with E-state index in [2.05, 4.69) is 43.3 Å². The second-order valence-electron chi connectivity index (χ2n) is 8.23. The van der Waals surface area contributed by atoms with Crippen LogP contribution in [0.2, 0.25) is 5.02 Å². The van der Waals surface area contributed by atoms with Crippen LogP contribution in [-0.2, 0) is 13.0 Å². The Morgan fingerprint density at radius 3 is 2.47 bits per heavy atom. The number of halogens is 1. The molecule has 0 bridgehead atoms. The van der Waals surface area contributed by atoms with Crippen molar-refractivity contribution < 1.29 is 9.84 Å². The molecule has 0 saturated heterocycles. The van der Waals surface area contributed by atoms with Crippen molar-refractivity contribution in [1.29, 1.82) is 0 Å². The summed E-state index contributed by atoms with van der Waals surface area (Å²) < 4.78 is 5.94. The van der Waals surface area contributed by atoms with Gasteiger partial charge >= 0.3 is 0 Å². The van der Waals surface area contributed by atoms with Gasteiger partial charge < -0.3 is 15.6 Å². The van der Waals surface area contributed by atoms with Gasteiger partial charge in [-0.15, -0.1) is 0 Å². The van der Waals surface area contributed by atoms with Crippen molar-refractivity contribution >= 4 is 23.4 Å². The molecule has 5 heteroatoms. The molecule has 3 N–H and O–H groups in total. The van der Waals surface area contributed by atoms with Gasteiger partial charge in [0, 0.05) is 20.4 Å². The summed E-state index contributed by atoms with van der Waals surface area (Å²) in [4.78, 5) is 2.20. The minimum Gasteiger partial charge on any atom is -0.489 e. The van der Waals surface area contributed by atoms with Gasteiger partial charge in [0.25, 0.3) is 0 Å². The van der Waals surface area contributed by atoms with Gasteiger partial charge in [-0.2, -0.15) is 0 Å². The summed E-state index contributed by atoms with van der Waals surface area (Å²) in [6, 6.07) is 24.5. The fourth-order valence-corrected chi connectivity index (χ4v) is 4.96. The minimum atomic E-state index is -0.482. The molecule has 3 aromatic carbocycles. The zero-order chi connectivity index (χ0) is 22.8. The highest BCUT2D eigenvalue weighted by molar-refractivity contribution is 7.99. The number of ether oxygens (including phenoxy) is 1. The molecule has 1 unspecified atom stereocenters. The van der Waals surface area contributed by atoms with Gasteiger partial charge in [0.15, 0.2) is 0 Å². The molecule has 0 fully saturated rings. The first-order valence-electron chi connectivity index (χ1n) is 11.1. The molecule has 3 nitrogen and oxygen atoms in total.